The highest BCUT2D eigenvalue weighted by Gasteiger charge is 2.39. The van der Waals surface area contributed by atoms with E-state index < -0.39 is 0 Å². The maximum absolute atomic E-state index is 12.1. The fraction of sp³-hybridized carbons (Fsp3) is 0.375. The molecule has 0 saturated heterocycles. The summed E-state index contributed by atoms with van der Waals surface area (Å²) >= 11 is 0. The summed E-state index contributed by atoms with van der Waals surface area (Å²) in [6.45, 7) is 6.45. The number of hydrogen-bond donors (Lipinski definition) is 1. The third-order valence-electron chi connectivity index (χ3n) is 6.16. The first-order valence-electron chi connectivity index (χ1n) is 9.76. The summed E-state index contributed by atoms with van der Waals surface area (Å²) in [6.07, 6.45) is 5.70. The quantitative estimate of drug-likeness (QED) is 0.560. The summed E-state index contributed by atoms with van der Waals surface area (Å²) in [7, 11) is 1.43. The highest BCUT2D eigenvalue weighted by atomic mass is 16.5. The zero-order valence-corrected chi connectivity index (χ0v) is 16.5. The van der Waals surface area contributed by atoms with Crippen LogP contribution in [-0.4, -0.2) is 13.1 Å². The Bertz CT molecular complexity index is 895. The Kier molecular flexibility index (Phi) is 4.55. The lowest BCUT2D eigenvalue weighted by Gasteiger charge is -2.38. The van der Waals surface area contributed by atoms with Crippen LogP contribution in [0, 0.1) is 12.8 Å². The van der Waals surface area contributed by atoms with Gasteiger partial charge in [0.05, 0.1) is 18.7 Å². The lowest BCUT2D eigenvalue weighted by molar-refractivity contribution is 0.0600. The highest BCUT2D eigenvalue weighted by molar-refractivity contribution is 5.93. The molecule has 3 atom stereocenters. The number of ether oxygens (including phenoxy) is 1. The minimum Gasteiger partial charge on any atom is -0.465 e. The first-order valence-corrected chi connectivity index (χ1v) is 9.76. The van der Waals surface area contributed by atoms with Crippen LogP contribution in [-0.2, 0) is 4.74 Å². The van der Waals surface area contributed by atoms with E-state index >= 15 is 0 Å². The van der Waals surface area contributed by atoms with Crippen LogP contribution in [0.4, 0.5) is 5.69 Å². The van der Waals surface area contributed by atoms with E-state index in [0.29, 0.717) is 23.3 Å². The zero-order valence-electron chi connectivity index (χ0n) is 16.5. The maximum Gasteiger partial charge on any atom is 0.338 e. The van der Waals surface area contributed by atoms with Gasteiger partial charge in [-0.15, -0.1) is 0 Å². The molecule has 0 amide bonds. The van der Waals surface area contributed by atoms with Crippen molar-refractivity contribution in [2.45, 2.75) is 45.1 Å². The van der Waals surface area contributed by atoms with Crippen molar-refractivity contribution < 1.29 is 9.53 Å². The Balaban J connectivity index is 1.76. The number of anilines is 1. The van der Waals surface area contributed by atoms with Crippen molar-refractivity contribution in [2.24, 2.45) is 5.92 Å². The van der Waals surface area contributed by atoms with Gasteiger partial charge in [0.15, 0.2) is 0 Å². The van der Waals surface area contributed by atoms with E-state index in [2.05, 4.69) is 61.6 Å². The molecule has 0 bridgehead atoms. The highest BCUT2D eigenvalue weighted by Crippen LogP contribution is 2.51. The van der Waals surface area contributed by atoms with Crippen molar-refractivity contribution in [2.75, 3.05) is 12.4 Å². The Labute approximate surface area is 161 Å². The molecule has 0 unspecified atom stereocenters. The van der Waals surface area contributed by atoms with Crippen LogP contribution in [0.3, 0.4) is 0 Å². The zero-order chi connectivity index (χ0) is 19.1. The van der Waals surface area contributed by atoms with Crippen LogP contribution < -0.4 is 5.32 Å². The number of nitrogens with one attached hydrogen (secondary N) is 1. The molecule has 0 spiro atoms. The van der Waals surface area contributed by atoms with E-state index in [-0.39, 0.29) is 12.0 Å². The van der Waals surface area contributed by atoms with Gasteiger partial charge in [-0.3, -0.25) is 0 Å². The minimum atomic E-state index is -0.279. The van der Waals surface area contributed by atoms with Gasteiger partial charge in [0, 0.05) is 11.6 Å². The first-order chi connectivity index (χ1) is 13.0. The van der Waals surface area contributed by atoms with Gasteiger partial charge >= 0.3 is 5.97 Å². The third kappa shape index (κ3) is 2.95. The van der Waals surface area contributed by atoms with E-state index in [1.807, 2.05) is 13.0 Å². The summed E-state index contributed by atoms with van der Waals surface area (Å²) in [5.41, 5.74) is 6.66. The molecule has 2 aromatic carbocycles. The second-order valence-electron chi connectivity index (χ2n) is 7.99. The Hall–Kier alpha value is -2.55. The van der Waals surface area contributed by atoms with Gasteiger partial charge in [0.25, 0.3) is 0 Å². The Morgan fingerprint density at radius 3 is 2.56 bits per heavy atom. The number of rotatable bonds is 3. The molecule has 2 aliphatic rings. The molecule has 0 radical (unpaired) electrons. The number of fused-ring (bicyclic) bond motifs is 3. The Morgan fingerprint density at radius 1 is 1.15 bits per heavy atom. The monoisotopic (exact) mass is 361 g/mol. The van der Waals surface area contributed by atoms with Gasteiger partial charge in [-0.05, 0) is 53.5 Å². The molecule has 140 valence electrons. The molecule has 3 heteroatoms. The number of benzene rings is 2. The molecule has 2 aromatic rings. The number of methoxy groups -OCH3 is 1. The van der Waals surface area contributed by atoms with Crippen molar-refractivity contribution >= 4 is 11.7 Å². The third-order valence-corrected chi connectivity index (χ3v) is 6.16. The van der Waals surface area contributed by atoms with E-state index in [1.165, 1.54) is 23.8 Å². The molecule has 1 aliphatic heterocycles. The van der Waals surface area contributed by atoms with Gasteiger partial charge in [-0.2, -0.15) is 0 Å². The number of hydrogen-bond acceptors (Lipinski definition) is 3. The predicted octanol–water partition coefficient (Wildman–Crippen LogP) is 5.73. The second kappa shape index (κ2) is 6.88. The molecule has 1 N–H and O–H groups in total. The van der Waals surface area contributed by atoms with E-state index in [4.69, 9.17) is 4.74 Å². The van der Waals surface area contributed by atoms with Crippen LogP contribution in [0.1, 0.15) is 70.8 Å². The number of esters is 1. The maximum atomic E-state index is 12.1. The fourth-order valence-electron chi connectivity index (χ4n) is 4.56. The average Bonchev–Trinajstić information content (AvgIpc) is 3.17. The lowest BCUT2D eigenvalue weighted by Crippen LogP contribution is -2.30. The second-order valence-corrected chi connectivity index (χ2v) is 7.99. The molecule has 0 saturated carbocycles. The number of carbonyl (C=O) groups excluding carboxylic acids is 1. The van der Waals surface area contributed by atoms with Gasteiger partial charge in [-0.25, -0.2) is 4.79 Å². The first kappa shape index (κ1) is 17.8. The topological polar surface area (TPSA) is 38.3 Å². The molecule has 0 fully saturated rings. The summed E-state index contributed by atoms with van der Waals surface area (Å²) in [4.78, 5) is 12.1. The smallest absolute Gasteiger partial charge is 0.338 e. The van der Waals surface area contributed by atoms with E-state index in [0.717, 1.165) is 17.7 Å². The number of allylic oxidation sites excluding steroid dienone is 2. The molecule has 0 aromatic heterocycles. The van der Waals surface area contributed by atoms with Crippen molar-refractivity contribution in [3.63, 3.8) is 0 Å². The van der Waals surface area contributed by atoms with Crippen LogP contribution >= 0.6 is 0 Å². The Morgan fingerprint density at radius 2 is 1.89 bits per heavy atom. The normalized spacial score (nSPS) is 22.9. The van der Waals surface area contributed by atoms with Crippen molar-refractivity contribution in [1.29, 1.82) is 0 Å². The molecule has 1 heterocycles. The average molecular weight is 361 g/mol. The van der Waals surface area contributed by atoms with E-state index in [1.54, 1.807) is 0 Å². The molecule has 1 aliphatic carbocycles. The van der Waals surface area contributed by atoms with Crippen LogP contribution in [0.15, 0.2) is 48.6 Å². The SMILES string of the molecule is COC(=O)c1ccc2c(c1C)N[C@H](c1ccc(C(C)C)cc1)[C@@H]1CC=C[C@@H]21. The van der Waals surface area contributed by atoms with Crippen LogP contribution in [0.5, 0.6) is 0 Å². The minimum absolute atomic E-state index is 0.241. The van der Waals surface area contributed by atoms with Crippen LogP contribution in [0.25, 0.3) is 0 Å². The molecular weight excluding hydrogens is 334 g/mol. The molecular formula is C24H27NO2. The summed E-state index contributed by atoms with van der Waals surface area (Å²) < 4.78 is 4.96. The van der Waals surface area contributed by atoms with Gasteiger partial charge < -0.3 is 10.1 Å². The largest absolute Gasteiger partial charge is 0.465 e. The van der Waals surface area contributed by atoms with Crippen LogP contribution in [0.2, 0.25) is 0 Å². The summed E-state index contributed by atoms with van der Waals surface area (Å²) in [5.74, 6) is 1.15. The molecule has 27 heavy (non-hydrogen) atoms. The summed E-state index contributed by atoms with van der Waals surface area (Å²) in [6, 6.07) is 13.2. The molecule has 4 rings (SSSR count). The van der Waals surface area contributed by atoms with Gasteiger partial charge in [0.1, 0.15) is 0 Å². The standard InChI is InChI=1S/C24H27NO2/c1-14(2)16-8-10-17(11-9-16)23-20-7-5-6-19(20)21-13-12-18(24(26)27-4)15(3)22(21)25-23/h5-6,8-14,19-20,23,25H,7H2,1-4H3/t19-,20-,23-/m1/s1. The summed E-state index contributed by atoms with van der Waals surface area (Å²) in [5, 5.41) is 3.77. The fourth-order valence-corrected chi connectivity index (χ4v) is 4.56. The lowest BCUT2D eigenvalue weighted by atomic mass is 9.75. The van der Waals surface area contributed by atoms with Gasteiger partial charge in [-0.1, -0.05) is 56.3 Å². The van der Waals surface area contributed by atoms with E-state index in [9.17, 15) is 4.79 Å². The van der Waals surface area contributed by atoms with Crippen molar-refractivity contribution in [3.05, 3.63) is 76.4 Å². The predicted molar refractivity (Wildman–Crippen MR) is 109 cm³/mol. The van der Waals surface area contributed by atoms with Crippen molar-refractivity contribution in [3.8, 4) is 0 Å². The van der Waals surface area contributed by atoms with Crippen molar-refractivity contribution in [1.82, 2.24) is 0 Å². The van der Waals surface area contributed by atoms with Gasteiger partial charge in [0.2, 0.25) is 0 Å². The number of carbonyl (C=O) groups is 1. The molecule has 3 nitrogen and oxygen atoms in total.